The summed E-state index contributed by atoms with van der Waals surface area (Å²) in [5.74, 6) is -0.650. The summed E-state index contributed by atoms with van der Waals surface area (Å²) in [6.45, 7) is 7.46. The fraction of sp³-hybridized carbons (Fsp3) is 0.467. The molecule has 3 rings (SSSR count). The Hall–Kier alpha value is -3.47. The van der Waals surface area contributed by atoms with Crippen LogP contribution in [0.25, 0.3) is 6.08 Å². The van der Waals surface area contributed by atoms with Crippen molar-refractivity contribution in [1.82, 2.24) is 20.3 Å². The molecule has 2 amide bonds. The highest BCUT2D eigenvalue weighted by atomic mass is 32.2. The number of piperidine rings is 1. The summed E-state index contributed by atoms with van der Waals surface area (Å²) in [6.07, 6.45) is -1.21. The van der Waals surface area contributed by atoms with Crippen LogP contribution in [0.2, 0.25) is 0 Å². The largest absolute Gasteiger partial charge is 0.462 e. The van der Waals surface area contributed by atoms with E-state index in [1.165, 1.54) is 24.3 Å². The molecule has 1 aliphatic heterocycles. The Morgan fingerprint density at radius 2 is 1.63 bits per heavy atom. The number of benzene rings is 2. The van der Waals surface area contributed by atoms with Gasteiger partial charge < -0.3 is 20.3 Å². The van der Waals surface area contributed by atoms with Crippen LogP contribution < -0.4 is 15.4 Å². The number of rotatable bonds is 11. The van der Waals surface area contributed by atoms with Crippen molar-refractivity contribution in [2.24, 2.45) is 0 Å². The third-order valence-corrected chi connectivity index (χ3v) is 9.65. The quantitative estimate of drug-likeness (QED) is 0.238. The predicted octanol–water partition coefficient (Wildman–Crippen LogP) is 3.82. The molecule has 11 nitrogen and oxygen atoms in total. The lowest BCUT2D eigenvalue weighted by molar-refractivity contribution is -0.139. The lowest BCUT2D eigenvalue weighted by Crippen LogP contribution is -2.49. The number of urea groups is 1. The molecule has 0 unspecified atom stereocenters. The maximum Gasteiger partial charge on any atom is 0.416 e. The summed E-state index contributed by atoms with van der Waals surface area (Å²) >= 11 is 0. The van der Waals surface area contributed by atoms with Gasteiger partial charge >= 0.3 is 12.2 Å². The number of nitrogens with zero attached hydrogens (tertiary/aromatic N) is 1. The summed E-state index contributed by atoms with van der Waals surface area (Å²) < 4.78 is 97.9. The molecule has 1 saturated heterocycles. The van der Waals surface area contributed by atoms with Gasteiger partial charge in [0.2, 0.25) is 19.9 Å². The van der Waals surface area contributed by atoms with E-state index in [-0.39, 0.29) is 40.6 Å². The van der Waals surface area contributed by atoms with Crippen molar-refractivity contribution in [3.8, 4) is 0 Å². The molecular formula is C30H41F3N4O7S2. The van der Waals surface area contributed by atoms with Crippen LogP contribution in [-0.2, 0) is 35.6 Å². The number of sulfone groups is 1. The van der Waals surface area contributed by atoms with Crippen molar-refractivity contribution in [1.29, 1.82) is 0 Å². The fourth-order valence-electron chi connectivity index (χ4n) is 4.21. The number of halogens is 3. The van der Waals surface area contributed by atoms with Crippen LogP contribution in [0, 0.1) is 0 Å². The van der Waals surface area contributed by atoms with Crippen molar-refractivity contribution >= 4 is 38.4 Å². The smallest absolute Gasteiger partial charge is 0.416 e. The summed E-state index contributed by atoms with van der Waals surface area (Å²) in [5, 5.41) is 5.84. The lowest BCUT2D eigenvalue weighted by Gasteiger charge is -2.31. The van der Waals surface area contributed by atoms with Crippen LogP contribution in [0.3, 0.4) is 0 Å². The van der Waals surface area contributed by atoms with Gasteiger partial charge in [0, 0.05) is 26.2 Å². The molecule has 3 N–H and O–H groups in total. The Kier molecular flexibility index (Phi) is 14.2. The molecule has 1 heterocycles. The highest BCUT2D eigenvalue weighted by Crippen LogP contribution is 2.35. The third kappa shape index (κ3) is 12.7. The maximum atomic E-state index is 13.6. The molecule has 2 aromatic carbocycles. The van der Waals surface area contributed by atoms with Crippen LogP contribution in [0.1, 0.15) is 44.7 Å². The van der Waals surface area contributed by atoms with Gasteiger partial charge in [-0.15, -0.1) is 0 Å². The highest BCUT2D eigenvalue weighted by Gasteiger charge is 2.33. The monoisotopic (exact) mass is 690 g/mol. The third-order valence-electron chi connectivity index (χ3n) is 6.61. The van der Waals surface area contributed by atoms with Crippen LogP contribution in [0.15, 0.2) is 64.4 Å². The molecule has 0 aromatic heterocycles. The summed E-state index contributed by atoms with van der Waals surface area (Å²) in [6, 6.07) is 9.42. The number of sulfonamides is 1. The first-order valence-electron chi connectivity index (χ1n) is 14.4. The van der Waals surface area contributed by atoms with Crippen LogP contribution in [0.5, 0.6) is 0 Å². The molecule has 1 fully saturated rings. The summed E-state index contributed by atoms with van der Waals surface area (Å²) in [5.41, 5.74) is -1.90. The van der Waals surface area contributed by atoms with E-state index in [4.69, 9.17) is 0 Å². The van der Waals surface area contributed by atoms with Gasteiger partial charge in [0.1, 0.15) is 5.60 Å². The summed E-state index contributed by atoms with van der Waals surface area (Å²) in [7, 11) is -6.34. The van der Waals surface area contributed by atoms with Crippen molar-refractivity contribution in [2.75, 3.05) is 39.0 Å². The Balaban J connectivity index is 0.000000942. The number of hydrogen-bond acceptors (Lipinski definition) is 8. The van der Waals surface area contributed by atoms with Gasteiger partial charge in [0.05, 0.1) is 21.1 Å². The van der Waals surface area contributed by atoms with Gasteiger partial charge in [-0.25, -0.2) is 26.4 Å². The van der Waals surface area contributed by atoms with Gasteiger partial charge in [-0.2, -0.15) is 13.2 Å². The minimum absolute atomic E-state index is 0.0225. The number of alkyl halides is 3. The van der Waals surface area contributed by atoms with Gasteiger partial charge in [-0.3, -0.25) is 4.79 Å². The molecular weight excluding hydrogens is 649 g/mol. The standard InChI is InChI=1S/C25H31F3N4O5S2.C5H10O2/c1-32(20-11-13-29-14-12-20)24(33)30-15-16-31-38(34,35)17-5-6-19-18-22(9-10-23(19)25(26,27)28)39(36,37)21-7-3-2-4-8-21;1-5(2,3)7-4-6/h2-10,18,20,29,31H,11-17H2,1H3,(H,30,33);4H,1-3H3. The van der Waals surface area contributed by atoms with Crippen molar-refractivity contribution in [3.05, 3.63) is 65.7 Å². The molecule has 0 spiro atoms. The SMILES string of the molecule is CC(C)(C)OC=O.CN(C(=O)NCCNS(=O)(=O)CC=Cc1cc(S(=O)(=O)c2ccccc2)ccc1C(F)(F)F)C1CCNCC1. The zero-order valence-corrected chi connectivity index (χ0v) is 27.8. The van der Waals surface area contributed by atoms with Crippen LogP contribution in [-0.4, -0.2) is 84.9 Å². The van der Waals surface area contributed by atoms with E-state index in [2.05, 4.69) is 20.1 Å². The molecule has 16 heteroatoms. The van der Waals surface area contributed by atoms with E-state index in [9.17, 15) is 39.6 Å². The van der Waals surface area contributed by atoms with Gasteiger partial charge in [0.15, 0.2) is 0 Å². The molecule has 2 aromatic rings. The second kappa shape index (κ2) is 16.9. The maximum absolute atomic E-state index is 13.6. The number of nitrogens with one attached hydrogen (secondary N) is 3. The van der Waals surface area contributed by atoms with E-state index in [1.54, 1.807) is 18.0 Å². The predicted molar refractivity (Wildman–Crippen MR) is 168 cm³/mol. The minimum Gasteiger partial charge on any atom is -0.462 e. The van der Waals surface area contributed by atoms with E-state index in [0.29, 0.717) is 12.5 Å². The fourth-order valence-corrected chi connectivity index (χ4v) is 6.40. The number of carbonyl (C=O) groups excluding carboxylic acids is 2. The second-order valence-corrected chi connectivity index (χ2v) is 15.1. The number of hydrogen-bond donors (Lipinski definition) is 3. The van der Waals surface area contributed by atoms with E-state index < -0.39 is 42.9 Å². The zero-order valence-electron chi connectivity index (χ0n) is 26.1. The summed E-state index contributed by atoms with van der Waals surface area (Å²) in [4.78, 5) is 23.0. The Bertz CT molecular complexity index is 1540. The Morgan fingerprint density at radius 1 is 1.00 bits per heavy atom. The highest BCUT2D eigenvalue weighted by molar-refractivity contribution is 7.91. The molecule has 0 saturated carbocycles. The number of ether oxygens (including phenoxy) is 1. The van der Waals surface area contributed by atoms with Crippen molar-refractivity contribution in [2.45, 2.75) is 61.2 Å². The van der Waals surface area contributed by atoms with Gasteiger partial charge in [0.25, 0.3) is 6.47 Å². The Morgan fingerprint density at radius 3 is 2.17 bits per heavy atom. The first kappa shape index (κ1) is 38.7. The number of amides is 2. The Labute approximate surface area is 268 Å². The topological polar surface area (TPSA) is 151 Å². The van der Waals surface area contributed by atoms with Crippen molar-refractivity contribution < 1.29 is 44.3 Å². The average molecular weight is 691 g/mol. The number of carbonyl (C=O) groups is 2. The lowest BCUT2D eigenvalue weighted by atomic mass is 10.1. The van der Waals surface area contributed by atoms with Gasteiger partial charge in [-0.1, -0.05) is 30.4 Å². The average Bonchev–Trinajstić information content (AvgIpc) is 2.98. The molecule has 256 valence electrons. The first-order chi connectivity index (χ1) is 21.4. The molecule has 0 atom stereocenters. The zero-order chi connectivity index (χ0) is 34.6. The van der Waals surface area contributed by atoms with E-state index >= 15 is 0 Å². The first-order valence-corrected chi connectivity index (χ1v) is 17.5. The molecule has 46 heavy (non-hydrogen) atoms. The molecule has 0 radical (unpaired) electrons. The van der Waals surface area contributed by atoms with Crippen molar-refractivity contribution in [3.63, 3.8) is 0 Å². The van der Waals surface area contributed by atoms with E-state index in [0.717, 1.165) is 50.2 Å². The normalized spacial score (nSPS) is 14.7. The molecule has 1 aliphatic rings. The van der Waals surface area contributed by atoms with E-state index in [1.807, 2.05) is 20.8 Å². The van der Waals surface area contributed by atoms with Gasteiger partial charge in [-0.05, 0) is 82.6 Å². The minimum atomic E-state index is -4.79. The van der Waals surface area contributed by atoms with Crippen LogP contribution >= 0.6 is 0 Å². The second-order valence-electron chi connectivity index (χ2n) is 11.3. The molecule has 0 bridgehead atoms. The molecule has 0 aliphatic carbocycles. The van der Waals surface area contributed by atoms with Crippen LogP contribution in [0.4, 0.5) is 18.0 Å².